The lowest BCUT2D eigenvalue weighted by Gasteiger charge is -2.05. The van der Waals surface area contributed by atoms with E-state index in [-0.39, 0.29) is 0 Å². The Kier molecular flexibility index (Phi) is 9.04. The lowest BCUT2D eigenvalue weighted by Crippen LogP contribution is -1.85. The van der Waals surface area contributed by atoms with E-state index in [1.807, 2.05) is 0 Å². The van der Waals surface area contributed by atoms with E-state index in [9.17, 15) is 0 Å². The first-order valence-electron chi connectivity index (χ1n) is 6.65. The third-order valence-corrected chi connectivity index (χ3v) is 2.26. The van der Waals surface area contributed by atoms with Crippen LogP contribution in [0.15, 0.2) is 0 Å². The van der Waals surface area contributed by atoms with E-state index < -0.39 is 0 Å². The Labute approximate surface area is 94.3 Å². The van der Waals surface area contributed by atoms with Gasteiger partial charge in [-0.15, -0.1) is 0 Å². The summed E-state index contributed by atoms with van der Waals surface area (Å²) in [7, 11) is 0. The monoisotopic (exact) mass is 214 g/mol. The van der Waals surface area contributed by atoms with Crippen LogP contribution in [0, 0.1) is 0 Å². The minimum Gasteiger partial charge on any atom is -0.377 e. The normalized spacial score (nSPS) is 24.0. The molecule has 2 saturated heterocycles. The molecular weight excluding hydrogens is 188 g/mol. The molecule has 4 aliphatic rings. The zero-order chi connectivity index (χ0) is 10.6. The zero-order valence-corrected chi connectivity index (χ0v) is 10.0. The summed E-state index contributed by atoms with van der Waals surface area (Å²) in [6.45, 7) is 4.00. The molecule has 0 aromatic carbocycles. The van der Waals surface area contributed by atoms with Crippen molar-refractivity contribution in [3.05, 3.63) is 0 Å². The van der Waals surface area contributed by atoms with Gasteiger partial charge in [0.1, 0.15) is 0 Å². The Morgan fingerprint density at radius 3 is 0.533 bits per heavy atom. The maximum absolute atomic E-state index is 4.50. The van der Waals surface area contributed by atoms with E-state index in [0.29, 0.717) is 0 Å². The summed E-state index contributed by atoms with van der Waals surface area (Å²) in [6.07, 6.45) is 13.5. The fourth-order valence-corrected chi connectivity index (χ4v) is 1.06. The molecule has 2 aliphatic heterocycles. The average Bonchev–Trinajstić information content (AvgIpc) is 3.17. The van der Waals surface area contributed by atoms with Gasteiger partial charge in [0.2, 0.25) is 0 Å². The molecule has 2 heteroatoms. The Morgan fingerprint density at radius 2 is 0.467 bits per heavy atom. The summed E-state index contributed by atoms with van der Waals surface area (Å²) in [5.41, 5.74) is 0. The second-order valence-electron chi connectivity index (χ2n) is 4.41. The number of hydrogen-bond acceptors (Lipinski definition) is 2. The molecule has 15 heavy (non-hydrogen) atoms. The molecule has 2 heterocycles. The molecule has 0 amide bonds. The number of hydrogen-bond donors (Lipinski definition) is 0. The van der Waals surface area contributed by atoms with E-state index in [1.165, 1.54) is 57.8 Å². The first kappa shape index (κ1) is 13.0. The van der Waals surface area contributed by atoms with Gasteiger partial charge < -0.3 is 9.47 Å². The van der Waals surface area contributed by atoms with Gasteiger partial charge in [-0.3, -0.25) is 0 Å². The Morgan fingerprint density at radius 1 is 0.333 bits per heavy atom. The highest BCUT2D eigenvalue weighted by atomic mass is 16.6. The summed E-state index contributed by atoms with van der Waals surface area (Å²) >= 11 is 0. The largest absolute Gasteiger partial charge is 0.377 e. The maximum Gasteiger partial charge on any atom is 0.0701 e. The van der Waals surface area contributed by atoms with Crippen molar-refractivity contribution in [1.82, 2.24) is 0 Å². The lowest BCUT2D eigenvalue weighted by atomic mass is 10.0. The van der Waals surface area contributed by atoms with Crippen LogP contribution < -0.4 is 0 Å². The second kappa shape index (κ2) is 10.4. The fraction of sp³-hybridized carbons (Fsp3) is 1.00. The SMILES string of the molecule is C1CC1.C1CCCCC1.C1CO1.C1CO1. The minimum absolute atomic E-state index is 1.00. The van der Waals surface area contributed by atoms with Gasteiger partial charge in [0.25, 0.3) is 0 Å². The quantitative estimate of drug-likeness (QED) is 0.576. The van der Waals surface area contributed by atoms with Crippen molar-refractivity contribution in [3.8, 4) is 0 Å². The third-order valence-electron chi connectivity index (χ3n) is 2.26. The molecule has 2 nitrogen and oxygen atoms in total. The Hall–Kier alpha value is -0.0800. The van der Waals surface area contributed by atoms with E-state index in [1.54, 1.807) is 0 Å². The summed E-state index contributed by atoms with van der Waals surface area (Å²) in [5, 5.41) is 0. The molecule has 2 aliphatic carbocycles. The van der Waals surface area contributed by atoms with E-state index in [0.717, 1.165) is 26.4 Å². The van der Waals surface area contributed by atoms with E-state index in [4.69, 9.17) is 0 Å². The predicted octanol–water partition coefficient (Wildman–Crippen LogP) is 3.54. The van der Waals surface area contributed by atoms with Gasteiger partial charge in [-0.1, -0.05) is 57.8 Å². The van der Waals surface area contributed by atoms with Gasteiger partial charge >= 0.3 is 0 Å². The summed E-state index contributed by atoms with van der Waals surface area (Å²) in [6, 6.07) is 0. The van der Waals surface area contributed by atoms with Crippen LogP contribution in [0.3, 0.4) is 0 Å². The highest BCUT2D eigenvalue weighted by Crippen LogP contribution is 2.15. The van der Waals surface area contributed by atoms with Crippen LogP contribution in [0.25, 0.3) is 0 Å². The summed E-state index contributed by atoms with van der Waals surface area (Å²) in [4.78, 5) is 0. The molecular formula is C13H26O2. The molecule has 0 bridgehead atoms. The van der Waals surface area contributed by atoms with Crippen molar-refractivity contribution in [2.75, 3.05) is 26.4 Å². The van der Waals surface area contributed by atoms with Gasteiger partial charge in [-0.2, -0.15) is 0 Å². The third kappa shape index (κ3) is 24.9. The van der Waals surface area contributed by atoms with Gasteiger partial charge in [0.05, 0.1) is 26.4 Å². The van der Waals surface area contributed by atoms with Gasteiger partial charge in [0.15, 0.2) is 0 Å². The van der Waals surface area contributed by atoms with Crippen LogP contribution in [0.4, 0.5) is 0 Å². The van der Waals surface area contributed by atoms with Gasteiger partial charge in [-0.25, -0.2) is 0 Å². The van der Waals surface area contributed by atoms with Crippen molar-refractivity contribution >= 4 is 0 Å². The van der Waals surface area contributed by atoms with Crippen molar-refractivity contribution in [3.63, 3.8) is 0 Å². The summed E-state index contributed by atoms with van der Waals surface area (Å²) < 4.78 is 9.00. The van der Waals surface area contributed by atoms with Crippen molar-refractivity contribution in [1.29, 1.82) is 0 Å². The number of epoxide rings is 2. The van der Waals surface area contributed by atoms with Crippen molar-refractivity contribution in [2.24, 2.45) is 0 Å². The summed E-state index contributed by atoms with van der Waals surface area (Å²) in [5.74, 6) is 0. The topological polar surface area (TPSA) is 25.1 Å². The molecule has 4 fully saturated rings. The number of rotatable bonds is 0. The van der Waals surface area contributed by atoms with Crippen molar-refractivity contribution in [2.45, 2.75) is 57.8 Å². The predicted molar refractivity (Wildman–Crippen MR) is 63.2 cm³/mol. The first-order valence-corrected chi connectivity index (χ1v) is 6.65. The zero-order valence-electron chi connectivity index (χ0n) is 10.0. The highest BCUT2D eigenvalue weighted by molar-refractivity contribution is 4.51. The molecule has 0 radical (unpaired) electrons. The molecule has 0 unspecified atom stereocenters. The maximum atomic E-state index is 4.50. The molecule has 0 aromatic heterocycles. The van der Waals surface area contributed by atoms with Crippen LogP contribution in [-0.2, 0) is 9.47 Å². The van der Waals surface area contributed by atoms with E-state index >= 15 is 0 Å². The smallest absolute Gasteiger partial charge is 0.0701 e. The molecule has 0 spiro atoms. The highest BCUT2D eigenvalue weighted by Gasteiger charge is 1.96. The molecule has 4 rings (SSSR count). The van der Waals surface area contributed by atoms with Gasteiger partial charge in [0, 0.05) is 0 Å². The Balaban J connectivity index is 0.000000106. The average molecular weight is 214 g/mol. The van der Waals surface area contributed by atoms with Crippen LogP contribution >= 0.6 is 0 Å². The molecule has 0 N–H and O–H groups in total. The van der Waals surface area contributed by atoms with Crippen LogP contribution in [-0.4, -0.2) is 26.4 Å². The first-order chi connectivity index (χ1) is 7.50. The standard InChI is InChI=1S/C6H12.C3H6.2C2H4O/c1-2-4-6-5-3-1;3*1-2-3-1/h1-6H2;1-3H2;2*1-2H2. The fourth-order valence-electron chi connectivity index (χ4n) is 1.06. The lowest BCUT2D eigenvalue weighted by molar-refractivity contribution is 0.475. The van der Waals surface area contributed by atoms with Crippen LogP contribution in [0.5, 0.6) is 0 Å². The molecule has 90 valence electrons. The second-order valence-corrected chi connectivity index (χ2v) is 4.41. The minimum atomic E-state index is 1.00. The Bertz CT molecular complexity index is 81.7. The molecule has 0 aromatic rings. The molecule has 0 atom stereocenters. The van der Waals surface area contributed by atoms with Crippen LogP contribution in [0.1, 0.15) is 57.8 Å². The molecule has 2 saturated carbocycles. The van der Waals surface area contributed by atoms with Crippen molar-refractivity contribution < 1.29 is 9.47 Å². The number of ether oxygens (including phenoxy) is 2. The van der Waals surface area contributed by atoms with E-state index in [2.05, 4.69) is 9.47 Å². The van der Waals surface area contributed by atoms with Gasteiger partial charge in [-0.05, 0) is 0 Å². The van der Waals surface area contributed by atoms with Crippen LogP contribution in [0.2, 0.25) is 0 Å².